The molecule has 0 rings (SSSR count). The highest BCUT2D eigenvalue weighted by Gasteiger charge is 2.15. The fraction of sp³-hybridized carbons (Fsp3) is 0.600. The van der Waals surface area contributed by atoms with Gasteiger partial charge in [-0.15, -0.1) is 6.42 Å². The van der Waals surface area contributed by atoms with E-state index >= 15 is 0 Å². The zero-order chi connectivity index (χ0) is 10.5. The Hall–Kier alpha value is -0.620. The van der Waals surface area contributed by atoms with E-state index in [-0.39, 0.29) is 0 Å². The van der Waals surface area contributed by atoms with Crippen molar-refractivity contribution in [2.24, 2.45) is 0 Å². The van der Waals surface area contributed by atoms with Crippen molar-refractivity contribution in [1.82, 2.24) is 0 Å². The first-order valence-electron chi connectivity index (χ1n) is 3.02. The summed E-state index contributed by atoms with van der Waals surface area (Å²) in [5, 5.41) is 0. The van der Waals surface area contributed by atoms with Crippen LogP contribution in [-0.2, 0) is 24.4 Å². The quantitative estimate of drug-likeness (QED) is 0.362. The molecule has 0 aromatic carbocycles. The van der Waals surface area contributed by atoms with Gasteiger partial charge in [0.05, 0.1) is 11.5 Å². The van der Waals surface area contributed by atoms with Gasteiger partial charge in [-0.1, -0.05) is 5.92 Å². The second kappa shape index (κ2) is 4.57. The third-order valence-electron chi connectivity index (χ3n) is 0.913. The van der Waals surface area contributed by atoms with E-state index in [1.165, 1.54) is 0 Å². The molecule has 0 spiro atoms. The summed E-state index contributed by atoms with van der Waals surface area (Å²) in [6.45, 7) is -0.451. The largest absolute Gasteiger partial charge is 0.286 e. The van der Waals surface area contributed by atoms with Gasteiger partial charge in [0.25, 0.3) is 20.2 Å². The molecule has 0 bridgehead atoms. The molecule has 0 fully saturated rings. The molecule has 0 amide bonds. The molecular formula is C5H8O6S2. The van der Waals surface area contributed by atoms with Gasteiger partial charge in [0.15, 0.2) is 0 Å². The lowest BCUT2D eigenvalue weighted by Crippen LogP contribution is -2.18. The number of rotatable bonds is 5. The maximum absolute atomic E-state index is 10.7. The Bertz CT molecular complexity index is 383. The van der Waals surface area contributed by atoms with Gasteiger partial charge >= 0.3 is 0 Å². The Morgan fingerprint density at radius 3 is 2.15 bits per heavy atom. The second-order valence-corrected chi connectivity index (χ2v) is 5.35. The van der Waals surface area contributed by atoms with Gasteiger partial charge in [0, 0.05) is 0 Å². The highest BCUT2D eigenvalue weighted by molar-refractivity contribution is 7.90. The zero-order valence-electron chi connectivity index (χ0n) is 6.50. The predicted octanol–water partition coefficient (Wildman–Crippen LogP) is -1.15. The minimum absolute atomic E-state index is 0.451. The Balaban J connectivity index is 4.15. The Kier molecular flexibility index (Phi) is 4.35. The molecule has 76 valence electrons. The minimum Gasteiger partial charge on any atom is -0.286 e. The van der Waals surface area contributed by atoms with Crippen LogP contribution in [0, 0.1) is 12.3 Å². The lowest BCUT2D eigenvalue weighted by molar-refractivity contribution is 0.363. The maximum Gasteiger partial charge on any atom is 0.269 e. The van der Waals surface area contributed by atoms with Gasteiger partial charge < -0.3 is 0 Å². The number of hydrogen-bond donors (Lipinski definition) is 1. The molecule has 0 atom stereocenters. The molecule has 0 heterocycles. The topological polar surface area (TPSA) is 97.7 Å². The highest BCUT2D eigenvalue weighted by Crippen LogP contribution is 1.94. The molecule has 0 aliphatic rings. The smallest absolute Gasteiger partial charge is 0.269 e. The third-order valence-corrected chi connectivity index (χ3v) is 3.07. The molecule has 0 aromatic heterocycles. The summed E-state index contributed by atoms with van der Waals surface area (Å²) < 4.78 is 54.1. The summed E-state index contributed by atoms with van der Waals surface area (Å²) >= 11 is 0. The van der Waals surface area contributed by atoms with Crippen LogP contribution in [0.15, 0.2) is 0 Å². The molecule has 0 aliphatic carbocycles. The summed E-state index contributed by atoms with van der Waals surface area (Å²) in [5.74, 6) is 0.193. The van der Waals surface area contributed by atoms with Crippen LogP contribution in [0.3, 0.4) is 0 Å². The molecular weight excluding hydrogens is 220 g/mol. The molecule has 0 saturated heterocycles. The maximum atomic E-state index is 10.7. The van der Waals surface area contributed by atoms with Crippen LogP contribution in [0.25, 0.3) is 0 Å². The van der Waals surface area contributed by atoms with Crippen molar-refractivity contribution in [1.29, 1.82) is 0 Å². The number of terminal acetylenes is 1. The van der Waals surface area contributed by atoms with E-state index in [1.807, 2.05) is 5.92 Å². The summed E-state index contributed by atoms with van der Waals surface area (Å²) in [6, 6.07) is 0. The van der Waals surface area contributed by atoms with Crippen molar-refractivity contribution < 1.29 is 25.6 Å². The Morgan fingerprint density at radius 1 is 1.23 bits per heavy atom. The average molecular weight is 228 g/mol. The molecule has 0 unspecified atom stereocenters. The van der Waals surface area contributed by atoms with E-state index in [0.29, 0.717) is 0 Å². The summed E-state index contributed by atoms with van der Waals surface area (Å²) in [4.78, 5) is 0. The van der Waals surface area contributed by atoms with E-state index in [9.17, 15) is 16.8 Å². The normalized spacial score (nSPS) is 12.3. The van der Waals surface area contributed by atoms with Crippen molar-refractivity contribution in [2.45, 2.75) is 0 Å². The van der Waals surface area contributed by atoms with Crippen molar-refractivity contribution in [3.8, 4) is 12.3 Å². The van der Waals surface area contributed by atoms with Gasteiger partial charge in [0.2, 0.25) is 0 Å². The van der Waals surface area contributed by atoms with E-state index in [1.54, 1.807) is 0 Å². The molecule has 6 nitrogen and oxygen atoms in total. The van der Waals surface area contributed by atoms with Crippen LogP contribution in [-0.4, -0.2) is 39.5 Å². The Morgan fingerprint density at radius 2 is 1.77 bits per heavy atom. The van der Waals surface area contributed by atoms with Crippen LogP contribution in [0.5, 0.6) is 0 Å². The molecule has 8 heteroatoms. The molecule has 13 heavy (non-hydrogen) atoms. The molecule has 0 saturated carbocycles. The third kappa shape index (κ3) is 7.73. The fourth-order valence-electron chi connectivity index (χ4n) is 0.390. The number of hydrogen-bond acceptors (Lipinski definition) is 5. The van der Waals surface area contributed by atoms with E-state index in [2.05, 4.69) is 4.18 Å². The van der Waals surface area contributed by atoms with E-state index in [0.717, 1.165) is 0 Å². The molecule has 0 aromatic rings. The monoisotopic (exact) mass is 228 g/mol. The summed E-state index contributed by atoms with van der Waals surface area (Å²) in [6.07, 6.45) is 4.71. The first-order chi connectivity index (χ1) is 5.77. The summed E-state index contributed by atoms with van der Waals surface area (Å²) in [5.41, 5.74) is 0. The van der Waals surface area contributed by atoms with Gasteiger partial charge in [-0.25, -0.2) is 0 Å². The van der Waals surface area contributed by atoms with Crippen molar-refractivity contribution >= 4 is 20.2 Å². The molecule has 0 aliphatic heterocycles. The van der Waals surface area contributed by atoms with Gasteiger partial charge in [-0.3, -0.25) is 8.74 Å². The van der Waals surface area contributed by atoms with Crippen molar-refractivity contribution in [2.75, 3.05) is 18.1 Å². The minimum atomic E-state index is -4.29. The molecule has 1 N–H and O–H groups in total. The zero-order valence-corrected chi connectivity index (χ0v) is 8.14. The van der Waals surface area contributed by atoms with Crippen molar-refractivity contribution in [3.05, 3.63) is 0 Å². The van der Waals surface area contributed by atoms with Crippen LogP contribution in [0.1, 0.15) is 0 Å². The van der Waals surface area contributed by atoms with E-state index < -0.39 is 38.3 Å². The predicted molar refractivity (Wildman–Crippen MR) is 45.0 cm³/mol. The first kappa shape index (κ1) is 12.4. The van der Waals surface area contributed by atoms with Crippen LogP contribution < -0.4 is 0 Å². The summed E-state index contributed by atoms with van der Waals surface area (Å²) in [7, 11) is -8.25. The van der Waals surface area contributed by atoms with Crippen molar-refractivity contribution in [3.63, 3.8) is 0 Å². The highest BCUT2D eigenvalue weighted by atomic mass is 32.2. The Labute approximate surface area is 76.8 Å². The molecule has 0 radical (unpaired) electrons. The second-order valence-electron chi connectivity index (χ2n) is 2.01. The van der Waals surface area contributed by atoms with Crippen LogP contribution in [0.4, 0.5) is 0 Å². The first-order valence-corrected chi connectivity index (χ1v) is 6.21. The van der Waals surface area contributed by atoms with Crippen LogP contribution in [0.2, 0.25) is 0 Å². The lowest BCUT2D eigenvalue weighted by atomic mass is 10.8. The average Bonchev–Trinajstić information content (AvgIpc) is 1.97. The van der Waals surface area contributed by atoms with Gasteiger partial charge in [-0.05, 0) is 0 Å². The van der Waals surface area contributed by atoms with Gasteiger partial charge in [-0.2, -0.15) is 16.8 Å². The fourth-order valence-corrected chi connectivity index (χ4v) is 2.41. The lowest BCUT2D eigenvalue weighted by Gasteiger charge is -2.00. The SMILES string of the molecule is C#CCOS(=O)(=O)CCS(=O)(=O)O. The van der Waals surface area contributed by atoms with E-state index in [4.69, 9.17) is 11.0 Å². The standard InChI is InChI=1S/C5H8O6S2/c1-2-3-11-13(9,10)5-4-12(6,7)8/h1H,3-5H2,(H,6,7,8). The van der Waals surface area contributed by atoms with Gasteiger partial charge in [0.1, 0.15) is 6.61 Å². The van der Waals surface area contributed by atoms with Crippen LogP contribution >= 0.6 is 0 Å².